The molecule has 3 aromatic rings. The number of nitrogens with one attached hydrogen (secondary N) is 2. The van der Waals surface area contributed by atoms with Crippen molar-refractivity contribution < 1.29 is 19.2 Å². The van der Waals surface area contributed by atoms with Crippen molar-refractivity contribution in [1.29, 1.82) is 0 Å². The first-order valence-corrected chi connectivity index (χ1v) is 10.7. The maximum absolute atomic E-state index is 12.8. The van der Waals surface area contributed by atoms with Crippen molar-refractivity contribution in [2.75, 3.05) is 7.11 Å². The fourth-order valence-electron chi connectivity index (χ4n) is 2.83. The molecule has 0 bridgehead atoms. The molecule has 0 radical (unpaired) electrons. The van der Waals surface area contributed by atoms with E-state index in [1.807, 2.05) is 0 Å². The molecule has 0 unspecified atom stereocenters. The topological polar surface area (TPSA) is 123 Å². The second kappa shape index (κ2) is 11.5. The number of hydrazone groups is 1. The zero-order valence-corrected chi connectivity index (χ0v) is 19.5. The SMILES string of the molecule is COc1ccc(Br)cc1C=NNC(=O)C(=Cc1ccc([N+](=O)[O-])cc1)NC(=O)c1ccccc1. The van der Waals surface area contributed by atoms with E-state index < -0.39 is 16.7 Å². The summed E-state index contributed by atoms with van der Waals surface area (Å²) in [5, 5.41) is 17.4. The number of methoxy groups -OCH3 is 1. The van der Waals surface area contributed by atoms with Crippen LogP contribution >= 0.6 is 15.9 Å². The summed E-state index contributed by atoms with van der Waals surface area (Å²) < 4.78 is 6.07. The largest absolute Gasteiger partial charge is 0.496 e. The quantitative estimate of drug-likeness (QED) is 0.198. The fourth-order valence-corrected chi connectivity index (χ4v) is 3.21. The number of halogens is 1. The van der Waals surface area contributed by atoms with E-state index >= 15 is 0 Å². The van der Waals surface area contributed by atoms with E-state index in [-0.39, 0.29) is 11.4 Å². The molecule has 3 aromatic carbocycles. The van der Waals surface area contributed by atoms with Gasteiger partial charge in [-0.2, -0.15) is 5.10 Å². The van der Waals surface area contributed by atoms with Gasteiger partial charge in [0.1, 0.15) is 11.4 Å². The highest BCUT2D eigenvalue weighted by atomic mass is 79.9. The lowest BCUT2D eigenvalue weighted by Crippen LogP contribution is -2.32. The molecule has 0 heterocycles. The van der Waals surface area contributed by atoms with Gasteiger partial charge < -0.3 is 10.1 Å². The highest BCUT2D eigenvalue weighted by molar-refractivity contribution is 9.10. The van der Waals surface area contributed by atoms with Gasteiger partial charge >= 0.3 is 0 Å². The van der Waals surface area contributed by atoms with Gasteiger partial charge in [0.25, 0.3) is 17.5 Å². The predicted molar refractivity (Wildman–Crippen MR) is 131 cm³/mol. The molecule has 172 valence electrons. The Kier molecular flexibility index (Phi) is 8.25. The summed E-state index contributed by atoms with van der Waals surface area (Å²) in [4.78, 5) is 35.8. The van der Waals surface area contributed by atoms with Crippen LogP contribution in [0.5, 0.6) is 5.75 Å². The Morgan fingerprint density at radius 3 is 2.41 bits per heavy atom. The van der Waals surface area contributed by atoms with Gasteiger partial charge in [0.15, 0.2) is 0 Å². The van der Waals surface area contributed by atoms with Crippen molar-refractivity contribution in [2.45, 2.75) is 0 Å². The van der Waals surface area contributed by atoms with Crippen molar-refractivity contribution in [1.82, 2.24) is 10.7 Å². The maximum Gasteiger partial charge on any atom is 0.287 e. The Balaban J connectivity index is 1.84. The average molecular weight is 523 g/mol. The van der Waals surface area contributed by atoms with Crippen LogP contribution in [0.15, 0.2) is 88.1 Å². The molecule has 0 aliphatic rings. The van der Waals surface area contributed by atoms with E-state index in [9.17, 15) is 19.7 Å². The number of benzene rings is 3. The minimum Gasteiger partial charge on any atom is -0.496 e. The minimum absolute atomic E-state index is 0.0935. The van der Waals surface area contributed by atoms with Crippen molar-refractivity contribution in [3.63, 3.8) is 0 Å². The third-order valence-corrected chi connectivity index (χ3v) is 5.00. The van der Waals surface area contributed by atoms with Gasteiger partial charge in [-0.25, -0.2) is 5.43 Å². The van der Waals surface area contributed by atoms with E-state index in [2.05, 4.69) is 31.8 Å². The fraction of sp³-hybridized carbons (Fsp3) is 0.0417. The molecule has 2 N–H and O–H groups in total. The predicted octanol–water partition coefficient (Wildman–Crippen LogP) is 4.29. The van der Waals surface area contributed by atoms with E-state index in [0.717, 1.165) is 4.47 Å². The third-order valence-electron chi connectivity index (χ3n) is 4.51. The zero-order chi connectivity index (χ0) is 24.5. The monoisotopic (exact) mass is 522 g/mol. The summed E-state index contributed by atoms with van der Waals surface area (Å²) >= 11 is 3.37. The Morgan fingerprint density at radius 2 is 1.76 bits per heavy atom. The second-order valence-corrected chi connectivity index (χ2v) is 7.73. The van der Waals surface area contributed by atoms with Gasteiger partial charge in [-0.05, 0) is 54.1 Å². The Hall–Kier alpha value is -4.31. The summed E-state index contributed by atoms with van der Waals surface area (Å²) in [6.07, 6.45) is 2.80. The average Bonchev–Trinajstić information content (AvgIpc) is 2.84. The molecular formula is C24H19BrN4O5. The molecule has 0 aliphatic heterocycles. The maximum atomic E-state index is 12.8. The Bertz CT molecular complexity index is 1260. The summed E-state index contributed by atoms with van der Waals surface area (Å²) in [7, 11) is 1.52. The van der Waals surface area contributed by atoms with Crippen LogP contribution in [0.1, 0.15) is 21.5 Å². The summed E-state index contributed by atoms with van der Waals surface area (Å²) in [5.41, 5.74) is 3.63. The molecule has 9 nitrogen and oxygen atoms in total. The third kappa shape index (κ3) is 6.59. The standard InChI is InChI=1S/C24H19BrN4O5/c1-34-22-12-9-19(25)14-18(22)15-26-28-24(31)21(27-23(30)17-5-3-2-4-6-17)13-16-7-10-20(11-8-16)29(32)33/h2-15H,1H3,(H,27,30)(H,28,31). The lowest BCUT2D eigenvalue weighted by Gasteiger charge is -2.09. The number of ether oxygens (including phenoxy) is 1. The van der Waals surface area contributed by atoms with Crippen molar-refractivity contribution in [3.05, 3.63) is 110 Å². The number of nitrogens with zero attached hydrogens (tertiary/aromatic N) is 2. The number of non-ortho nitro benzene ring substituents is 1. The molecular weight excluding hydrogens is 504 g/mol. The zero-order valence-electron chi connectivity index (χ0n) is 17.9. The first-order valence-electron chi connectivity index (χ1n) is 9.87. The van der Waals surface area contributed by atoms with E-state index in [1.165, 1.54) is 43.7 Å². The molecule has 0 aliphatic carbocycles. The van der Waals surface area contributed by atoms with E-state index in [1.54, 1.807) is 48.5 Å². The van der Waals surface area contributed by atoms with Crippen molar-refractivity contribution >= 4 is 45.7 Å². The number of nitro benzene ring substituents is 1. The molecule has 0 atom stereocenters. The highest BCUT2D eigenvalue weighted by Gasteiger charge is 2.15. The second-order valence-electron chi connectivity index (χ2n) is 6.81. The normalized spacial score (nSPS) is 11.2. The van der Waals surface area contributed by atoms with Crippen molar-refractivity contribution in [2.24, 2.45) is 5.10 Å². The van der Waals surface area contributed by atoms with Crippen LogP contribution in [0, 0.1) is 10.1 Å². The number of amides is 2. The number of hydrogen-bond acceptors (Lipinski definition) is 6. The van der Waals surface area contributed by atoms with Crippen LogP contribution in [0.4, 0.5) is 5.69 Å². The highest BCUT2D eigenvalue weighted by Crippen LogP contribution is 2.21. The smallest absolute Gasteiger partial charge is 0.287 e. The van der Waals surface area contributed by atoms with Gasteiger partial charge in [0, 0.05) is 27.7 Å². The molecule has 0 spiro atoms. The lowest BCUT2D eigenvalue weighted by atomic mass is 10.1. The summed E-state index contributed by atoms with van der Waals surface area (Å²) in [5.74, 6) is -0.630. The van der Waals surface area contributed by atoms with Crippen LogP contribution in [-0.2, 0) is 4.79 Å². The van der Waals surface area contributed by atoms with Crippen molar-refractivity contribution in [3.8, 4) is 5.75 Å². The molecule has 2 amide bonds. The summed E-state index contributed by atoms with van der Waals surface area (Å²) in [6, 6.07) is 19.2. The molecule has 34 heavy (non-hydrogen) atoms. The number of rotatable bonds is 8. The molecule has 0 saturated heterocycles. The van der Waals surface area contributed by atoms with Gasteiger partial charge in [0.2, 0.25) is 0 Å². The first kappa shape index (κ1) is 24.3. The molecule has 10 heteroatoms. The van der Waals surface area contributed by atoms with Crippen LogP contribution in [0.2, 0.25) is 0 Å². The number of carbonyl (C=O) groups is 2. The number of nitro groups is 1. The first-order chi connectivity index (χ1) is 16.4. The molecule has 0 saturated carbocycles. The number of hydrogen-bond donors (Lipinski definition) is 2. The van der Waals surface area contributed by atoms with Crippen LogP contribution in [-0.4, -0.2) is 30.1 Å². The van der Waals surface area contributed by atoms with E-state index in [0.29, 0.717) is 22.4 Å². The summed E-state index contributed by atoms with van der Waals surface area (Å²) in [6.45, 7) is 0. The van der Waals surface area contributed by atoms with E-state index in [4.69, 9.17) is 4.74 Å². The van der Waals surface area contributed by atoms with Crippen LogP contribution in [0.3, 0.4) is 0 Å². The van der Waals surface area contributed by atoms with Crippen LogP contribution in [0.25, 0.3) is 6.08 Å². The van der Waals surface area contributed by atoms with Gasteiger partial charge in [-0.3, -0.25) is 19.7 Å². The minimum atomic E-state index is -0.687. The molecule has 0 aromatic heterocycles. The van der Waals surface area contributed by atoms with Gasteiger partial charge in [0.05, 0.1) is 18.2 Å². The Morgan fingerprint density at radius 1 is 1.06 bits per heavy atom. The number of carbonyl (C=O) groups excluding carboxylic acids is 2. The van der Waals surface area contributed by atoms with Crippen LogP contribution < -0.4 is 15.5 Å². The molecule has 3 rings (SSSR count). The van der Waals surface area contributed by atoms with Gasteiger partial charge in [-0.1, -0.05) is 34.1 Å². The Labute approximate surface area is 203 Å². The molecule has 0 fully saturated rings. The van der Waals surface area contributed by atoms with Gasteiger partial charge in [-0.15, -0.1) is 0 Å². The lowest BCUT2D eigenvalue weighted by molar-refractivity contribution is -0.384.